The Bertz CT molecular complexity index is 798. The second kappa shape index (κ2) is 5.41. The molecule has 0 saturated heterocycles. The van der Waals surface area contributed by atoms with Crippen LogP contribution in [-0.2, 0) is 6.61 Å². The van der Waals surface area contributed by atoms with E-state index in [0.29, 0.717) is 27.8 Å². The minimum absolute atomic E-state index is 0.0269. The summed E-state index contributed by atoms with van der Waals surface area (Å²) in [5, 5.41) is 11.3. The van der Waals surface area contributed by atoms with Crippen LogP contribution in [0, 0.1) is 10.1 Å². The molecule has 1 heterocycles. The van der Waals surface area contributed by atoms with Gasteiger partial charge in [0.15, 0.2) is 12.2 Å². The van der Waals surface area contributed by atoms with Crippen molar-refractivity contribution in [3.8, 4) is 5.75 Å². The lowest BCUT2D eigenvalue weighted by atomic mass is 10.3. The standard InChI is InChI=1S/C14H9ClN2O4/c15-9-1-4-11(5-2-9)20-8-14-16-12-7-10(17(18)19)3-6-13(12)21-14/h1-7H,8H2. The van der Waals surface area contributed by atoms with Crippen LogP contribution in [0.15, 0.2) is 46.9 Å². The van der Waals surface area contributed by atoms with E-state index in [1.54, 1.807) is 24.3 Å². The zero-order valence-electron chi connectivity index (χ0n) is 10.7. The molecule has 0 aliphatic rings. The Balaban J connectivity index is 1.78. The van der Waals surface area contributed by atoms with Gasteiger partial charge in [-0.05, 0) is 30.3 Å². The third-order valence-corrected chi connectivity index (χ3v) is 3.05. The number of halogens is 1. The molecule has 0 fully saturated rings. The summed E-state index contributed by atoms with van der Waals surface area (Å²) in [6.07, 6.45) is 0. The van der Waals surface area contributed by atoms with Gasteiger partial charge in [0.2, 0.25) is 5.89 Å². The summed E-state index contributed by atoms with van der Waals surface area (Å²) in [6, 6.07) is 11.2. The van der Waals surface area contributed by atoms with E-state index in [0.717, 1.165) is 0 Å². The average Bonchev–Trinajstić information content (AvgIpc) is 2.88. The topological polar surface area (TPSA) is 78.4 Å². The molecule has 3 rings (SSSR count). The molecule has 0 aliphatic carbocycles. The lowest BCUT2D eigenvalue weighted by Gasteiger charge is -2.02. The molecular weight excluding hydrogens is 296 g/mol. The van der Waals surface area contributed by atoms with Gasteiger partial charge in [-0.2, -0.15) is 0 Å². The van der Waals surface area contributed by atoms with E-state index in [4.69, 9.17) is 20.8 Å². The zero-order chi connectivity index (χ0) is 14.8. The molecule has 0 saturated carbocycles. The molecule has 0 aliphatic heterocycles. The van der Waals surface area contributed by atoms with Gasteiger partial charge < -0.3 is 9.15 Å². The van der Waals surface area contributed by atoms with E-state index in [-0.39, 0.29) is 12.3 Å². The third-order valence-electron chi connectivity index (χ3n) is 2.80. The zero-order valence-corrected chi connectivity index (χ0v) is 11.4. The van der Waals surface area contributed by atoms with Gasteiger partial charge in [0, 0.05) is 17.2 Å². The number of ether oxygens (including phenoxy) is 1. The normalized spacial score (nSPS) is 10.7. The third kappa shape index (κ3) is 2.95. The number of nitro groups is 1. The summed E-state index contributed by atoms with van der Waals surface area (Å²) < 4.78 is 11.0. The van der Waals surface area contributed by atoms with Crippen LogP contribution >= 0.6 is 11.6 Å². The molecule has 0 spiro atoms. The van der Waals surface area contributed by atoms with Crippen molar-refractivity contribution < 1.29 is 14.1 Å². The number of non-ortho nitro benzene ring substituents is 1. The maximum Gasteiger partial charge on any atom is 0.271 e. The summed E-state index contributed by atoms with van der Waals surface area (Å²) in [6.45, 7) is 0.129. The fourth-order valence-electron chi connectivity index (χ4n) is 1.81. The van der Waals surface area contributed by atoms with E-state index < -0.39 is 4.92 Å². The first kappa shape index (κ1) is 13.4. The number of rotatable bonds is 4. The number of fused-ring (bicyclic) bond motifs is 1. The summed E-state index contributed by atoms with van der Waals surface area (Å²) in [5.41, 5.74) is 0.884. The molecule has 1 aromatic heterocycles. The predicted molar refractivity (Wildman–Crippen MR) is 76.4 cm³/mol. The molecule has 21 heavy (non-hydrogen) atoms. The van der Waals surface area contributed by atoms with Crippen molar-refractivity contribution in [3.63, 3.8) is 0 Å². The van der Waals surface area contributed by atoms with Crippen LogP contribution in [0.1, 0.15) is 5.89 Å². The van der Waals surface area contributed by atoms with Crippen molar-refractivity contribution in [2.24, 2.45) is 0 Å². The highest BCUT2D eigenvalue weighted by atomic mass is 35.5. The van der Waals surface area contributed by atoms with Gasteiger partial charge in [0.25, 0.3) is 5.69 Å². The number of hydrogen-bond acceptors (Lipinski definition) is 5. The Morgan fingerprint density at radius 1 is 1.24 bits per heavy atom. The van der Waals surface area contributed by atoms with Crippen LogP contribution in [0.2, 0.25) is 5.02 Å². The molecule has 0 atom stereocenters. The second-order valence-electron chi connectivity index (χ2n) is 4.26. The Morgan fingerprint density at radius 2 is 2.00 bits per heavy atom. The number of aromatic nitrogens is 1. The quantitative estimate of drug-likeness (QED) is 0.538. The molecule has 6 nitrogen and oxygen atoms in total. The van der Waals surface area contributed by atoms with Crippen molar-refractivity contribution in [3.05, 3.63) is 63.5 Å². The van der Waals surface area contributed by atoms with Crippen LogP contribution in [-0.4, -0.2) is 9.91 Å². The smallest absolute Gasteiger partial charge is 0.271 e. The van der Waals surface area contributed by atoms with E-state index in [1.807, 2.05) is 0 Å². The Morgan fingerprint density at radius 3 is 2.71 bits per heavy atom. The number of hydrogen-bond donors (Lipinski definition) is 0. The van der Waals surface area contributed by atoms with E-state index in [1.165, 1.54) is 18.2 Å². The number of benzene rings is 2. The first-order valence-corrected chi connectivity index (χ1v) is 6.42. The number of nitrogens with zero attached hydrogens (tertiary/aromatic N) is 2. The fourth-order valence-corrected chi connectivity index (χ4v) is 1.94. The molecule has 7 heteroatoms. The lowest BCUT2D eigenvalue weighted by Crippen LogP contribution is -1.95. The maximum absolute atomic E-state index is 10.7. The Hall–Kier alpha value is -2.60. The van der Waals surface area contributed by atoms with Crippen LogP contribution in [0.5, 0.6) is 5.75 Å². The van der Waals surface area contributed by atoms with Gasteiger partial charge in [-0.3, -0.25) is 10.1 Å². The minimum Gasteiger partial charge on any atom is -0.484 e. The number of oxazole rings is 1. The Kier molecular flexibility index (Phi) is 3.45. The highest BCUT2D eigenvalue weighted by molar-refractivity contribution is 6.30. The largest absolute Gasteiger partial charge is 0.484 e. The monoisotopic (exact) mass is 304 g/mol. The van der Waals surface area contributed by atoms with Gasteiger partial charge >= 0.3 is 0 Å². The molecule has 0 radical (unpaired) electrons. The SMILES string of the molecule is O=[N+]([O-])c1ccc2oc(COc3ccc(Cl)cc3)nc2c1. The first-order valence-electron chi connectivity index (χ1n) is 6.04. The molecule has 0 bridgehead atoms. The van der Waals surface area contributed by atoms with Crippen molar-refractivity contribution in [2.45, 2.75) is 6.61 Å². The molecule has 0 N–H and O–H groups in total. The molecule has 106 valence electrons. The van der Waals surface area contributed by atoms with Gasteiger partial charge in [-0.25, -0.2) is 4.98 Å². The summed E-state index contributed by atoms with van der Waals surface area (Å²) in [7, 11) is 0. The van der Waals surface area contributed by atoms with Crippen LogP contribution in [0.25, 0.3) is 11.1 Å². The summed E-state index contributed by atoms with van der Waals surface area (Å²) >= 11 is 5.78. The predicted octanol–water partition coefficient (Wildman–Crippen LogP) is 3.97. The lowest BCUT2D eigenvalue weighted by molar-refractivity contribution is -0.384. The van der Waals surface area contributed by atoms with E-state index >= 15 is 0 Å². The molecule has 2 aromatic carbocycles. The first-order chi connectivity index (χ1) is 10.1. The van der Waals surface area contributed by atoms with Crippen molar-refractivity contribution in [2.75, 3.05) is 0 Å². The van der Waals surface area contributed by atoms with Gasteiger partial charge in [0.1, 0.15) is 11.3 Å². The summed E-state index contributed by atoms with van der Waals surface area (Å²) in [4.78, 5) is 14.4. The molecule has 0 amide bonds. The van der Waals surface area contributed by atoms with Crippen LogP contribution < -0.4 is 4.74 Å². The van der Waals surface area contributed by atoms with Gasteiger partial charge in [-0.15, -0.1) is 0 Å². The second-order valence-corrected chi connectivity index (χ2v) is 4.70. The molecular formula is C14H9ClN2O4. The van der Waals surface area contributed by atoms with Crippen LogP contribution in [0.3, 0.4) is 0 Å². The van der Waals surface area contributed by atoms with E-state index in [2.05, 4.69) is 4.98 Å². The number of nitro benzene ring substituents is 1. The van der Waals surface area contributed by atoms with E-state index in [9.17, 15) is 10.1 Å². The van der Waals surface area contributed by atoms with Gasteiger partial charge in [0.05, 0.1) is 4.92 Å². The maximum atomic E-state index is 10.7. The van der Waals surface area contributed by atoms with Gasteiger partial charge in [-0.1, -0.05) is 11.6 Å². The van der Waals surface area contributed by atoms with Crippen LogP contribution in [0.4, 0.5) is 5.69 Å². The van der Waals surface area contributed by atoms with Crippen molar-refractivity contribution in [1.82, 2.24) is 4.98 Å². The minimum atomic E-state index is -0.474. The summed E-state index contributed by atoms with van der Waals surface area (Å²) in [5.74, 6) is 0.980. The highest BCUT2D eigenvalue weighted by Crippen LogP contribution is 2.22. The average molecular weight is 305 g/mol. The fraction of sp³-hybridized carbons (Fsp3) is 0.0714. The van der Waals surface area contributed by atoms with Crippen molar-refractivity contribution >= 4 is 28.4 Å². The Labute approximate surface area is 124 Å². The molecule has 3 aromatic rings. The highest BCUT2D eigenvalue weighted by Gasteiger charge is 2.11. The van der Waals surface area contributed by atoms with Crippen molar-refractivity contribution in [1.29, 1.82) is 0 Å². The molecule has 0 unspecified atom stereocenters.